The average molecular weight is 796 g/mol. The molecule has 13 rings (SSSR count). The molecule has 0 fully saturated rings. The lowest BCUT2D eigenvalue weighted by molar-refractivity contribution is 0.478. The van der Waals surface area contributed by atoms with Gasteiger partial charge in [-0.25, -0.2) is 0 Å². The predicted octanol–water partition coefficient (Wildman–Crippen LogP) is 15.7. The maximum absolute atomic E-state index is 6.96. The van der Waals surface area contributed by atoms with Crippen molar-refractivity contribution in [3.63, 3.8) is 0 Å². The second-order valence-corrected chi connectivity index (χ2v) is 17.3. The molecule has 1 aliphatic rings. The smallest absolute Gasteiger partial charge is 0.159 e. The molecule has 0 saturated heterocycles. The summed E-state index contributed by atoms with van der Waals surface area (Å²) in [5.74, 6) is 1.73. The quantitative estimate of drug-likeness (QED) is 0.174. The lowest BCUT2D eigenvalue weighted by Gasteiger charge is -2.23. The largest absolute Gasteiger partial charge is 0.452 e. The van der Waals surface area contributed by atoms with E-state index < -0.39 is 0 Å². The molecule has 3 aromatic heterocycles. The fourth-order valence-corrected chi connectivity index (χ4v) is 10.4. The first-order valence-electron chi connectivity index (χ1n) is 21.5. The number of aryl methyl sites for hydroxylation is 4. The standard InChI is InChI=1S/C58H41N3O/c1-34-14-26-49-45(30-34)46-31-35(2)15-27-50(46)59(49)40-22-18-38(19-23-40)42-8-5-11-53-56(42)44-10-7-13-55-57(44)61(53)54-12-6-9-43(58(54)62-55)39-20-24-41(25-21-39)60-51-28-16-36(3)32-47(51)48-33-37(4)17-29-52(48)60/h5-33H,1-4H3. The van der Waals surface area contributed by atoms with Crippen LogP contribution in [0.1, 0.15) is 22.3 Å². The number of benzene rings is 9. The van der Waals surface area contributed by atoms with Gasteiger partial charge in [0.05, 0.1) is 38.8 Å². The van der Waals surface area contributed by atoms with Crippen LogP contribution < -0.4 is 4.74 Å². The van der Waals surface area contributed by atoms with E-state index in [2.05, 4.69) is 217 Å². The molecule has 0 atom stereocenters. The van der Waals surface area contributed by atoms with E-state index in [0.717, 1.165) is 50.7 Å². The first-order valence-corrected chi connectivity index (χ1v) is 21.5. The van der Waals surface area contributed by atoms with E-state index in [1.165, 1.54) is 87.8 Å². The van der Waals surface area contributed by atoms with Crippen molar-refractivity contribution in [3.05, 3.63) is 198 Å². The van der Waals surface area contributed by atoms with Crippen LogP contribution >= 0.6 is 0 Å². The van der Waals surface area contributed by atoms with Gasteiger partial charge in [-0.1, -0.05) is 107 Å². The lowest BCUT2D eigenvalue weighted by atomic mass is 9.99. The van der Waals surface area contributed by atoms with Gasteiger partial charge in [-0.3, -0.25) is 0 Å². The summed E-state index contributed by atoms with van der Waals surface area (Å²) in [5.41, 5.74) is 20.1. The van der Waals surface area contributed by atoms with Gasteiger partial charge < -0.3 is 18.4 Å². The van der Waals surface area contributed by atoms with Crippen LogP contribution in [0.3, 0.4) is 0 Å². The molecule has 294 valence electrons. The summed E-state index contributed by atoms with van der Waals surface area (Å²) in [7, 11) is 0. The van der Waals surface area contributed by atoms with E-state index in [0.29, 0.717) is 0 Å². The molecule has 62 heavy (non-hydrogen) atoms. The van der Waals surface area contributed by atoms with Crippen LogP contribution in [0.15, 0.2) is 176 Å². The molecule has 4 heteroatoms. The molecule has 4 nitrogen and oxygen atoms in total. The minimum Gasteiger partial charge on any atom is -0.452 e. The van der Waals surface area contributed by atoms with Crippen LogP contribution in [0.4, 0.5) is 0 Å². The molecule has 0 bridgehead atoms. The van der Waals surface area contributed by atoms with Gasteiger partial charge in [0.1, 0.15) is 0 Å². The molecule has 0 saturated carbocycles. The fraction of sp³-hybridized carbons (Fsp3) is 0.0690. The van der Waals surface area contributed by atoms with Gasteiger partial charge in [-0.2, -0.15) is 0 Å². The van der Waals surface area contributed by atoms with Crippen molar-refractivity contribution < 1.29 is 4.74 Å². The Kier molecular flexibility index (Phi) is 7.25. The van der Waals surface area contributed by atoms with Crippen LogP contribution in [-0.2, 0) is 0 Å². The van der Waals surface area contributed by atoms with Gasteiger partial charge in [0.15, 0.2) is 11.5 Å². The highest BCUT2D eigenvalue weighted by atomic mass is 16.5. The Morgan fingerprint density at radius 3 is 1.32 bits per heavy atom. The van der Waals surface area contributed by atoms with Gasteiger partial charge in [0.25, 0.3) is 0 Å². The monoisotopic (exact) mass is 795 g/mol. The summed E-state index contributed by atoms with van der Waals surface area (Å²) in [6.45, 7) is 8.68. The topological polar surface area (TPSA) is 24.0 Å². The zero-order chi connectivity index (χ0) is 41.4. The summed E-state index contributed by atoms with van der Waals surface area (Å²) in [4.78, 5) is 0. The van der Waals surface area contributed by atoms with Gasteiger partial charge in [0.2, 0.25) is 0 Å². The number of para-hydroxylation sites is 2. The van der Waals surface area contributed by atoms with E-state index in [-0.39, 0.29) is 0 Å². The third kappa shape index (κ3) is 4.95. The Hall–Kier alpha value is -7.82. The molecule has 0 aliphatic carbocycles. The van der Waals surface area contributed by atoms with Crippen LogP contribution in [0.25, 0.3) is 105 Å². The Bertz CT molecular complexity index is 3740. The molecule has 0 radical (unpaired) electrons. The molecule has 12 aromatic rings. The van der Waals surface area contributed by atoms with Gasteiger partial charge >= 0.3 is 0 Å². The summed E-state index contributed by atoms with van der Waals surface area (Å²) < 4.78 is 14.2. The Morgan fingerprint density at radius 1 is 0.355 bits per heavy atom. The van der Waals surface area contributed by atoms with E-state index >= 15 is 0 Å². The predicted molar refractivity (Wildman–Crippen MR) is 259 cm³/mol. The number of rotatable bonds is 4. The van der Waals surface area contributed by atoms with Crippen molar-refractivity contribution in [1.29, 1.82) is 0 Å². The van der Waals surface area contributed by atoms with Crippen LogP contribution in [0.5, 0.6) is 11.5 Å². The fourth-order valence-electron chi connectivity index (χ4n) is 10.4. The van der Waals surface area contributed by atoms with E-state index in [1.54, 1.807) is 0 Å². The maximum Gasteiger partial charge on any atom is 0.159 e. The second kappa shape index (κ2) is 12.8. The van der Waals surface area contributed by atoms with Crippen molar-refractivity contribution in [2.45, 2.75) is 27.7 Å². The number of hydrogen-bond donors (Lipinski definition) is 0. The summed E-state index contributed by atoms with van der Waals surface area (Å²) in [6.07, 6.45) is 0. The number of hydrogen-bond acceptors (Lipinski definition) is 1. The Labute approximate surface area is 359 Å². The zero-order valence-corrected chi connectivity index (χ0v) is 35.0. The van der Waals surface area contributed by atoms with E-state index in [1.807, 2.05) is 0 Å². The number of ether oxygens (including phenoxy) is 1. The zero-order valence-electron chi connectivity index (χ0n) is 35.0. The molecule has 4 heterocycles. The van der Waals surface area contributed by atoms with Crippen molar-refractivity contribution in [2.24, 2.45) is 0 Å². The average Bonchev–Trinajstić information content (AvgIpc) is 3.92. The van der Waals surface area contributed by atoms with Crippen molar-refractivity contribution in [2.75, 3.05) is 0 Å². The van der Waals surface area contributed by atoms with Crippen molar-refractivity contribution in [3.8, 4) is 50.8 Å². The second-order valence-electron chi connectivity index (χ2n) is 17.3. The third-order valence-electron chi connectivity index (χ3n) is 13.2. The van der Waals surface area contributed by atoms with E-state index in [4.69, 9.17) is 4.74 Å². The highest BCUT2D eigenvalue weighted by molar-refractivity contribution is 6.18. The van der Waals surface area contributed by atoms with E-state index in [9.17, 15) is 0 Å². The lowest BCUT2D eigenvalue weighted by Crippen LogP contribution is -2.05. The number of nitrogens with zero attached hydrogens (tertiary/aromatic N) is 3. The van der Waals surface area contributed by atoms with Gasteiger partial charge in [0, 0.05) is 49.3 Å². The maximum atomic E-state index is 6.96. The molecule has 9 aromatic carbocycles. The SMILES string of the molecule is Cc1ccc2c(c1)c1cc(C)ccc1n2-c1ccc(-c2cccc3c2Oc2cccc4c5c(-c6ccc(-n7c8ccc(C)cc8c8cc(C)ccc87)cc6)cccc5n-3c24)cc1. The highest BCUT2D eigenvalue weighted by Gasteiger charge is 2.27. The third-order valence-corrected chi connectivity index (χ3v) is 13.2. The van der Waals surface area contributed by atoms with Crippen molar-refractivity contribution >= 4 is 65.4 Å². The first kappa shape index (κ1) is 35.0. The van der Waals surface area contributed by atoms with Crippen molar-refractivity contribution in [1.82, 2.24) is 13.7 Å². The molecule has 0 spiro atoms. The Morgan fingerprint density at radius 2 is 0.806 bits per heavy atom. The van der Waals surface area contributed by atoms with Crippen LogP contribution in [0, 0.1) is 27.7 Å². The molecule has 0 N–H and O–H groups in total. The van der Waals surface area contributed by atoms with Crippen LogP contribution in [-0.4, -0.2) is 13.7 Å². The number of fused-ring (bicyclic) bond motifs is 11. The van der Waals surface area contributed by atoms with Gasteiger partial charge in [-0.05, 0) is 135 Å². The van der Waals surface area contributed by atoms with Gasteiger partial charge in [-0.15, -0.1) is 0 Å². The molecule has 1 aliphatic heterocycles. The summed E-state index contributed by atoms with van der Waals surface area (Å²) >= 11 is 0. The highest BCUT2D eigenvalue weighted by Crippen LogP contribution is 2.50. The molecule has 0 unspecified atom stereocenters. The molecular weight excluding hydrogens is 755 g/mol. The number of aromatic nitrogens is 3. The molecular formula is C58H41N3O. The van der Waals surface area contributed by atoms with Crippen LogP contribution in [0.2, 0.25) is 0 Å². The minimum atomic E-state index is 0.865. The Balaban J connectivity index is 0.923. The molecule has 0 amide bonds. The first-order chi connectivity index (χ1) is 30.4. The minimum absolute atomic E-state index is 0.865. The summed E-state index contributed by atoms with van der Waals surface area (Å²) in [6, 6.07) is 64.9. The normalized spacial score (nSPS) is 12.3. The summed E-state index contributed by atoms with van der Waals surface area (Å²) in [5, 5.41) is 7.56.